The molecule has 0 fully saturated rings. The number of nitrogens with one attached hydrogen (secondary N) is 1. The van der Waals surface area contributed by atoms with Crippen LogP contribution in [0.15, 0.2) is 24.3 Å². The number of carboxylic acids is 1. The van der Waals surface area contributed by atoms with Gasteiger partial charge in [0.2, 0.25) is 0 Å². The van der Waals surface area contributed by atoms with Crippen LogP contribution < -0.4 is 5.32 Å². The number of carbonyl (C=O) groups is 1. The van der Waals surface area contributed by atoms with Gasteiger partial charge in [-0.15, -0.1) is 12.4 Å². The Labute approximate surface area is 102 Å². The lowest BCUT2D eigenvalue weighted by atomic mass is 10.1. The summed E-state index contributed by atoms with van der Waals surface area (Å²) in [7, 11) is 0. The van der Waals surface area contributed by atoms with Gasteiger partial charge in [0.25, 0.3) is 0 Å². The molecule has 0 aliphatic carbocycles. The summed E-state index contributed by atoms with van der Waals surface area (Å²) in [5.74, 6) is -0.864. The quantitative estimate of drug-likeness (QED) is 0.836. The summed E-state index contributed by atoms with van der Waals surface area (Å²) in [4.78, 5) is 10.9. The van der Waals surface area contributed by atoms with E-state index in [-0.39, 0.29) is 12.4 Å². The first-order valence-corrected chi connectivity index (χ1v) is 5.19. The molecule has 1 atom stereocenters. The van der Waals surface area contributed by atoms with Gasteiger partial charge in [-0.05, 0) is 25.0 Å². The summed E-state index contributed by atoms with van der Waals surface area (Å²) in [6.07, 6.45) is 1.04. The number of halogens is 1. The molecule has 0 heterocycles. The number of rotatable bonds is 5. The molecular weight excluding hydrogens is 226 g/mol. The topological polar surface area (TPSA) is 49.3 Å². The zero-order valence-corrected chi connectivity index (χ0v) is 10.4. The Morgan fingerprint density at radius 3 is 2.62 bits per heavy atom. The Morgan fingerprint density at radius 1 is 1.44 bits per heavy atom. The highest BCUT2D eigenvalue weighted by molar-refractivity contribution is 5.89. The van der Waals surface area contributed by atoms with Crippen molar-refractivity contribution in [1.82, 2.24) is 5.32 Å². The molecule has 0 saturated heterocycles. The van der Waals surface area contributed by atoms with E-state index in [1.807, 2.05) is 12.1 Å². The van der Waals surface area contributed by atoms with Gasteiger partial charge in [-0.2, -0.15) is 0 Å². The van der Waals surface area contributed by atoms with Gasteiger partial charge in [0.05, 0.1) is 5.56 Å². The average Bonchev–Trinajstić information content (AvgIpc) is 2.26. The Bertz CT molecular complexity index is 342. The van der Waals surface area contributed by atoms with Crippen molar-refractivity contribution in [1.29, 1.82) is 0 Å². The fraction of sp³-hybridized carbons (Fsp3) is 0.417. The van der Waals surface area contributed by atoms with E-state index in [1.54, 1.807) is 12.1 Å². The minimum Gasteiger partial charge on any atom is -0.478 e. The lowest BCUT2D eigenvalue weighted by molar-refractivity contribution is 0.0695. The van der Waals surface area contributed by atoms with E-state index in [0.717, 1.165) is 12.0 Å². The van der Waals surface area contributed by atoms with Crippen LogP contribution in [0.5, 0.6) is 0 Å². The highest BCUT2D eigenvalue weighted by Gasteiger charge is 2.08. The molecule has 16 heavy (non-hydrogen) atoms. The van der Waals surface area contributed by atoms with E-state index in [1.165, 1.54) is 0 Å². The van der Waals surface area contributed by atoms with Crippen LogP contribution in [0.4, 0.5) is 0 Å². The molecule has 0 saturated carbocycles. The van der Waals surface area contributed by atoms with Gasteiger partial charge in [-0.1, -0.05) is 25.1 Å². The summed E-state index contributed by atoms with van der Waals surface area (Å²) in [6, 6.07) is 7.50. The molecule has 4 heteroatoms. The molecule has 0 aliphatic heterocycles. The first kappa shape index (κ1) is 14.9. The molecule has 1 aromatic rings. The highest BCUT2D eigenvalue weighted by Crippen LogP contribution is 2.08. The van der Waals surface area contributed by atoms with Gasteiger partial charge in [0.15, 0.2) is 0 Å². The van der Waals surface area contributed by atoms with Crippen LogP contribution in [-0.4, -0.2) is 17.1 Å². The molecule has 1 unspecified atom stereocenters. The van der Waals surface area contributed by atoms with Gasteiger partial charge in [-0.25, -0.2) is 4.79 Å². The van der Waals surface area contributed by atoms with Gasteiger partial charge in [0, 0.05) is 12.6 Å². The smallest absolute Gasteiger partial charge is 0.336 e. The van der Waals surface area contributed by atoms with Gasteiger partial charge in [0.1, 0.15) is 0 Å². The highest BCUT2D eigenvalue weighted by atomic mass is 35.5. The van der Waals surface area contributed by atoms with Crippen molar-refractivity contribution < 1.29 is 9.90 Å². The van der Waals surface area contributed by atoms with Crippen LogP contribution in [0.3, 0.4) is 0 Å². The lowest BCUT2D eigenvalue weighted by Gasteiger charge is -2.12. The SMILES string of the molecule is CCC(C)NCc1ccccc1C(=O)O.Cl. The lowest BCUT2D eigenvalue weighted by Crippen LogP contribution is -2.25. The number of hydrogen-bond acceptors (Lipinski definition) is 2. The van der Waals surface area contributed by atoms with E-state index >= 15 is 0 Å². The van der Waals surface area contributed by atoms with Crippen LogP contribution in [0, 0.1) is 0 Å². The van der Waals surface area contributed by atoms with Crippen molar-refractivity contribution in [3.63, 3.8) is 0 Å². The zero-order valence-electron chi connectivity index (χ0n) is 9.56. The number of aromatic carboxylic acids is 1. The molecule has 0 aliphatic rings. The Morgan fingerprint density at radius 2 is 2.06 bits per heavy atom. The molecule has 90 valence electrons. The fourth-order valence-electron chi connectivity index (χ4n) is 1.31. The van der Waals surface area contributed by atoms with Gasteiger partial charge in [-0.3, -0.25) is 0 Å². The van der Waals surface area contributed by atoms with E-state index in [9.17, 15) is 4.79 Å². The molecule has 2 N–H and O–H groups in total. The van der Waals surface area contributed by atoms with E-state index in [4.69, 9.17) is 5.11 Å². The molecule has 0 spiro atoms. The van der Waals surface area contributed by atoms with Crippen molar-refractivity contribution in [3.8, 4) is 0 Å². The molecule has 0 radical (unpaired) electrons. The number of carboxylic acid groups (broad SMARTS) is 1. The van der Waals surface area contributed by atoms with E-state index in [0.29, 0.717) is 18.2 Å². The second kappa shape index (κ2) is 7.25. The molecule has 0 bridgehead atoms. The third-order valence-corrected chi connectivity index (χ3v) is 2.50. The number of hydrogen-bond donors (Lipinski definition) is 2. The van der Waals surface area contributed by atoms with Crippen LogP contribution in [0.1, 0.15) is 36.2 Å². The van der Waals surface area contributed by atoms with Crippen LogP contribution in [0.2, 0.25) is 0 Å². The summed E-state index contributed by atoms with van der Waals surface area (Å²) in [5.41, 5.74) is 1.22. The van der Waals surface area contributed by atoms with Gasteiger partial charge < -0.3 is 10.4 Å². The second-order valence-electron chi connectivity index (χ2n) is 3.65. The summed E-state index contributed by atoms with van der Waals surface area (Å²) in [6.45, 7) is 4.79. The molecule has 0 aromatic heterocycles. The van der Waals surface area contributed by atoms with Crippen molar-refractivity contribution in [2.24, 2.45) is 0 Å². The van der Waals surface area contributed by atoms with Crippen LogP contribution >= 0.6 is 12.4 Å². The minimum absolute atomic E-state index is 0. The summed E-state index contributed by atoms with van der Waals surface area (Å²) < 4.78 is 0. The molecular formula is C12H18ClNO2. The van der Waals surface area contributed by atoms with Crippen LogP contribution in [-0.2, 0) is 6.54 Å². The molecule has 0 amide bonds. The van der Waals surface area contributed by atoms with Crippen molar-refractivity contribution in [3.05, 3.63) is 35.4 Å². The third kappa shape index (κ3) is 4.21. The standard InChI is InChI=1S/C12H17NO2.ClH/c1-3-9(2)13-8-10-6-4-5-7-11(10)12(14)15;/h4-7,9,13H,3,8H2,1-2H3,(H,14,15);1H. The van der Waals surface area contributed by atoms with Crippen molar-refractivity contribution in [2.75, 3.05) is 0 Å². The Kier molecular flexibility index (Phi) is 6.77. The maximum atomic E-state index is 10.9. The van der Waals surface area contributed by atoms with E-state index in [2.05, 4.69) is 19.2 Å². The fourth-order valence-corrected chi connectivity index (χ4v) is 1.31. The maximum Gasteiger partial charge on any atom is 0.336 e. The summed E-state index contributed by atoms with van der Waals surface area (Å²) >= 11 is 0. The largest absolute Gasteiger partial charge is 0.478 e. The monoisotopic (exact) mass is 243 g/mol. The molecule has 3 nitrogen and oxygen atoms in total. The van der Waals surface area contributed by atoms with Gasteiger partial charge >= 0.3 is 5.97 Å². The predicted octanol–water partition coefficient (Wildman–Crippen LogP) is 2.69. The van der Waals surface area contributed by atoms with Crippen molar-refractivity contribution in [2.45, 2.75) is 32.9 Å². The number of benzene rings is 1. The predicted molar refractivity (Wildman–Crippen MR) is 67.2 cm³/mol. The molecule has 1 rings (SSSR count). The maximum absolute atomic E-state index is 10.9. The Balaban J connectivity index is 0.00000225. The van der Waals surface area contributed by atoms with Crippen molar-refractivity contribution >= 4 is 18.4 Å². The first-order chi connectivity index (χ1) is 7.15. The van der Waals surface area contributed by atoms with E-state index < -0.39 is 5.97 Å². The van der Waals surface area contributed by atoms with Crippen LogP contribution in [0.25, 0.3) is 0 Å². The average molecular weight is 244 g/mol. The zero-order chi connectivity index (χ0) is 11.3. The summed E-state index contributed by atoms with van der Waals surface area (Å²) in [5, 5.41) is 12.2. The molecule has 1 aromatic carbocycles. The third-order valence-electron chi connectivity index (χ3n) is 2.50. The normalized spacial score (nSPS) is 11.6. The second-order valence-corrected chi connectivity index (χ2v) is 3.65. The minimum atomic E-state index is -0.864. The first-order valence-electron chi connectivity index (χ1n) is 5.19. The Hall–Kier alpha value is -1.06.